The first kappa shape index (κ1) is 16.4. The fourth-order valence-electron chi connectivity index (χ4n) is 1.99. The highest BCUT2D eigenvalue weighted by Gasteiger charge is 2.20. The summed E-state index contributed by atoms with van der Waals surface area (Å²) >= 11 is 0. The van der Waals surface area contributed by atoms with Crippen LogP contribution in [-0.4, -0.2) is 36.1 Å². The molecule has 0 aliphatic heterocycles. The Bertz CT molecular complexity index is 659. The molecule has 7 nitrogen and oxygen atoms in total. The van der Waals surface area contributed by atoms with Gasteiger partial charge < -0.3 is 14.8 Å². The topological polar surface area (TPSA) is 90.4 Å². The Labute approximate surface area is 133 Å². The highest BCUT2D eigenvalue weighted by molar-refractivity contribution is 5.92. The molecule has 0 aliphatic rings. The maximum atomic E-state index is 12.2. The molecule has 120 valence electrons. The number of nitrogens with zero attached hydrogens (tertiary/aromatic N) is 2. The predicted molar refractivity (Wildman–Crippen MR) is 81.9 cm³/mol. The maximum absolute atomic E-state index is 12.2. The molecular weight excluding hydrogens is 298 g/mol. The van der Waals surface area contributed by atoms with E-state index in [1.807, 2.05) is 0 Å². The van der Waals surface area contributed by atoms with Crippen molar-refractivity contribution in [1.82, 2.24) is 15.3 Å². The van der Waals surface area contributed by atoms with Crippen molar-refractivity contribution < 1.29 is 19.1 Å². The zero-order chi connectivity index (χ0) is 16.7. The van der Waals surface area contributed by atoms with Gasteiger partial charge >= 0.3 is 5.97 Å². The summed E-state index contributed by atoms with van der Waals surface area (Å²) in [7, 11) is 2.87. The third kappa shape index (κ3) is 4.50. The van der Waals surface area contributed by atoms with Gasteiger partial charge in [0.25, 0.3) is 5.91 Å². The molecule has 1 aromatic carbocycles. The average Bonchev–Trinajstić information content (AvgIpc) is 2.61. The summed E-state index contributed by atoms with van der Waals surface area (Å²) in [6.07, 6.45) is 4.27. The van der Waals surface area contributed by atoms with Crippen LogP contribution in [0.1, 0.15) is 28.5 Å². The fourth-order valence-corrected chi connectivity index (χ4v) is 1.99. The Morgan fingerprint density at radius 1 is 1.17 bits per heavy atom. The predicted octanol–water partition coefficient (Wildman–Crippen LogP) is 1.52. The summed E-state index contributed by atoms with van der Waals surface area (Å²) in [5, 5.41) is 2.77. The molecule has 0 spiro atoms. The lowest BCUT2D eigenvalue weighted by Gasteiger charge is -2.18. The van der Waals surface area contributed by atoms with Gasteiger partial charge in [-0.15, -0.1) is 0 Å². The molecule has 0 fully saturated rings. The number of hydrogen-bond acceptors (Lipinski definition) is 6. The Morgan fingerprint density at radius 3 is 2.48 bits per heavy atom. The molecule has 1 atom stereocenters. The number of carbonyl (C=O) groups excluding carboxylic acids is 2. The highest BCUT2D eigenvalue weighted by atomic mass is 16.5. The van der Waals surface area contributed by atoms with E-state index in [1.165, 1.54) is 25.7 Å². The van der Waals surface area contributed by atoms with Crippen LogP contribution in [0.2, 0.25) is 0 Å². The lowest BCUT2D eigenvalue weighted by atomic mass is 10.0. The van der Waals surface area contributed by atoms with Crippen LogP contribution in [0.15, 0.2) is 42.9 Å². The smallest absolute Gasteiger partial charge is 0.307 e. The molecule has 2 rings (SSSR count). The van der Waals surface area contributed by atoms with E-state index in [0.717, 1.165) is 5.56 Å². The zero-order valence-corrected chi connectivity index (χ0v) is 12.9. The first-order valence-corrected chi connectivity index (χ1v) is 6.91. The average molecular weight is 315 g/mol. The van der Waals surface area contributed by atoms with Gasteiger partial charge in [0.05, 0.1) is 32.9 Å². The second-order valence-electron chi connectivity index (χ2n) is 4.67. The summed E-state index contributed by atoms with van der Waals surface area (Å²) in [4.78, 5) is 31.6. The first-order chi connectivity index (χ1) is 11.1. The van der Waals surface area contributed by atoms with Crippen molar-refractivity contribution in [2.24, 2.45) is 0 Å². The minimum absolute atomic E-state index is 0.00876. The summed E-state index contributed by atoms with van der Waals surface area (Å²) < 4.78 is 9.80. The van der Waals surface area contributed by atoms with Crippen molar-refractivity contribution in [3.63, 3.8) is 0 Å². The van der Waals surface area contributed by atoms with Crippen LogP contribution in [0.5, 0.6) is 5.75 Å². The number of methoxy groups -OCH3 is 2. The Balaban J connectivity index is 2.19. The molecule has 0 radical (unpaired) electrons. The fraction of sp³-hybridized carbons (Fsp3) is 0.250. The molecule has 0 saturated heterocycles. The van der Waals surface area contributed by atoms with Gasteiger partial charge in [0.2, 0.25) is 0 Å². The third-order valence-electron chi connectivity index (χ3n) is 3.22. The molecule has 0 saturated carbocycles. The third-order valence-corrected chi connectivity index (χ3v) is 3.22. The van der Waals surface area contributed by atoms with Gasteiger partial charge in [0, 0.05) is 12.4 Å². The van der Waals surface area contributed by atoms with Gasteiger partial charge in [0.15, 0.2) is 0 Å². The number of nitrogens with one attached hydrogen (secondary N) is 1. The lowest BCUT2D eigenvalue weighted by molar-refractivity contribution is -0.141. The second-order valence-corrected chi connectivity index (χ2v) is 4.67. The second kappa shape index (κ2) is 7.88. The van der Waals surface area contributed by atoms with E-state index >= 15 is 0 Å². The van der Waals surface area contributed by atoms with Crippen LogP contribution in [0.4, 0.5) is 0 Å². The largest absolute Gasteiger partial charge is 0.497 e. The number of hydrogen-bond donors (Lipinski definition) is 1. The van der Waals surface area contributed by atoms with Crippen LogP contribution in [0, 0.1) is 0 Å². The zero-order valence-electron chi connectivity index (χ0n) is 12.9. The molecule has 1 N–H and O–H groups in total. The molecule has 2 aromatic rings. The molecule has 1 amide bonds. The summed E-state index contributed by atoms with van der Waals surface area (Å²) in [5.41, 5.74) is 0.935. The van der Waals surface area contributed by atoms with Crippen molar-refractivity contribution in [3.8, 4) is 5.75 Å². The monoisotopic (exact) mass is 315 g/mol. The van der Waals surface area contributed by atoms with Crippen LogP contribution in [0.3, 0.4) is 0 Å². The van der Waals surface area contributed by atoms with E-state index in [0.29, 0.717) is 5.75 Å². The number of carbonyl (C=O) groups is 2. The van der Waals surface area contributed by atoms with E-state index in [-0.39, 0.29) is 12.1 Å². The van der Waals surface area contributed by atoms with E-state index in [4.69, 9.17) is 9.47 Å². The van der Waals surface area contributed by atoms with Gasteiger partial charge in [-0.2, -0.15) is 0 Å². The number of benzene rings is 1. The lowest BCUT2D eigenvalue weighted by Crippen LogP contribution is -2.31. The van der Waals surface area contributed by atoms with Gasteiger partial charge in [-0.3, -0.25) is 14.6 Å². The number of ether oxygens (including phenoxy) is 2. The number of aromatic nitrogens is 2. The van der Waals surface area contributed by atoms with Gasteiger partial charge in [-0.1, -0.05) is 12.1 Å². The van der Waals surface area contributed by atoms with Gasteiger partial charge in [-0.05, 0) is 17.7 Å². The molecule has 1 heterocycles. The van der Waals surface area contributed by atoms with Crippen molar-refractivity contribution in [3.05, 3.63) is 54.1 Å². The summed E-state index contributed by atoms with van der Waals surface area (Å²) in [5.74, 6) is -0.154. The number of rotatable bonds is 6. The van der Waals surface area contributed by atoms with Gasteiger partial charge in [0.1, 0.15) is 11.4 Å². The van der Waals surface area contributed by atoms with Crippen molar-refractivity contribution in [2.45, 2.75) is 12.5 Å². The molecule has 23 heavy (non-hydrogen) atoms. The molecular formula is C16H17N3O4. The van der Waals surface area contributed by atoms with Crippen molar-refractivity contribution >= 4 is 11.9 Å². The van der Waals surface area contributed by atoms with E-state index in [1.54, 1.807) is 31.4 Å². The quantitative estimate of drug-likeness (QED) is 0.813. The van der Waals surface area contributed by atoms with E-state index in [2.05, 4.69) is 15.3 Å². The van der Waals surface area contributed by atoms with E-state index < -0.39 is 17.9 Å². The summed E-state index contributed by atoms with van der Waals surface area (Å²) in [6.45, 7) is 0. The molecule has 1 unspecified atom stereocenters. The molecule has 7 heteroatoms. The number of esters is 1. The Kier molecular flexibility index (Phi) is 5.62. The van der Waals surface area contributed by atoms with Crippen LogP contribution in [-0.2, 0) is 9.53 Å². The molecule has 0 aliphatic carbocycles. The first-order valence-electron chi connectivity index (χ1n) is 6.91. The highest BCUT2D eigenvalue weighted by Crippen LogP contribution is 2.21. The van der Waals surface area contributed by atoms with Crippen LogP contribution >= 0.6 is 0 Å². The maximum Gasteiger partial charge on any atom is 0.307 e. The Hall–Kier alpha value is -2.96. The SMILES string of the molecule is COC(=O)CC(NC(=O)c1cnccn1)c1ccc(OC)cc1. The van der Waals surface area contributed by atoms with E-state index in [9.17, 15) is 9.59 Å². The summed E-state index contributed by atoms with van der Waals surface area (Å²) in [6, 6.07) is 6.54. The van der Waals surface area contributed by atoms with Crippen LogP contribution in [0.25, 0.3) is 0 Å². The van der Waals surface area contributed by atoms with Crippen molar-refractivity contribution in [2.75, 3.05) is 14.2 Å². The minimum Gasteiger partial charge on any atom is -0.497 e. The normalized spacial score (nSPS) is 11.4. The van der Waals surface area contributed by atoms with Gasteiger partial charge in [-0.25, -0.2) is 4.98 Å². The van der Waals surface area contributed by atoms with Crippen molar-refractivity contribution in [1.29, 1.82) is 0 Å². The van der Waals surface area contributed by atoms with Crippen LogP contribution < -0.4 is 10.1 Å². The molecule has 0 bridgehead atoms. The minimum atomic E-state index is -0.539. The molecule has 1 aromatic heterocycles. The number of amides is 1. The Morgan fingerprint density at radius 2 is 1.91 bits per heavy atom. The standard InChI is InChI=1S/C16H17N3O4/c1-22-12-5-3-11(4-6-12)13(9-15(20)23-2)19-16(21)14-10-17-7-8-18-14/h3-8,10,13H,9H2,1-2H3,(H,19,21).